The average Bonchev–Trinajstić information content (AvgIpc) is 2.55. The molecule has 5 rings (SSSR count). The monoisotopic (exact) mass is 409 g/mol. The highest BCUT2D eigenvalue weighted by Crippen LogP contribution is 2.38. The number of fused-ring (bicyclic) bond motifs is 2. The van der Waals surface area contributed by atoms with Gasteiger partial charge in [0, 0.05) is 34.9 Å². The van der Waals surface area contributed by atoms with Crippen molar-refractivity contribution >= 4 is 21.6 Å². The Kier molecular flexibility index (Phi) is 4.96. The molecule has 2 atom stereocenters. The van der Waals surface area contributed by atoms with Crippen LogP contribution in [0.5, 0.6) is 0 Å². The normalized spacial score (nSPS) is 27.2. The molecule has 2 saturated heterocycles. The van der Waals surface area contributed by atoms with Crippen LogP contribution < -0.4 is 10.0 Å². The van der Waals surface area contributed by atoms with Crippen LogP contribution in [0.1, 0.15) is 18.4 Å². The molecule has 1 saturated carbocycles. The number of nitrogens with zero attached hydrogens (tertiary/aromatic N) is 1. The van der Waals surface area contributed by atoms with Gasteiger partial charge in [-0.15, -0.1) is 0 Å². The van der Waals surface area contributed by atoms with Crippen molar-refractivity contribution in [1.82, 2.24) is 15.0 Å². The topological polar surface area (TPSA) is 71.1 Å². The third-order valence-electron chi connectivity index (χ3n) is 5.42. The molecule has 1 aliphatic carbocycles. The van der Waals surface area contributed by atoms with Gasteiger partial charge in [0.15, 0.2) is 5.82 Å². The van der Waals surface area contributed by atoms with Gasteiger partial charge in [-0.05, 0) is 48.9 Å². The summed E-state index contributed by atoms with van der Waals surface area (Å²) in [6.07, 6.45) is 5.05. The molecule has 3 aliphatic rings. The Morgan fingerprint density at radius 3 is 2.81 bits per heavy atom. The van der Waals surface area contributed by atoms with E-state index in [2.05, 4.69) is 15.0 Å². The quantitative estimate of drug-likeness (QED) is 0.796. The lowest BCUT2D eigenvalue weighted by Gasteiger charge is -2.52. The summed E-state index contributed by atoms with van der Waals surface area (Å²) in [5.74, 6) is -0.0906. The minimum absolute atomic E-state index is 0.152. The third kappa shape index (κ3) is 4.01. The Labute approximate surface area is 163 Å². The van der Waals surface area contributed by atoms with E-state index in [9.17, 15) is 8.42 Å². The zero-order chi connectivity index (χ0) is 19.2. The van der Waals surface area contributed by atoms with Crippen LogP contribution in [0, 0.1) is 11.7 Å². The molecule has 1 aromatic carbocycles. The average molecular weight is 410 g/mol. The molecule has 0 radical (unpaired) electrons. The summed E-state index contributed by atoms with van der Waals surface area (Å²) in [6.45, 7) is 0. The second-order valence-electron chi connectivity index (χ2n) is 7.46. The molecule has 5 nitrogen and oxygen atoms in total. The van der Waals surface area contributed by atoms with Crippen LogP contribution in [0.2, 0.25) is 5.02 Å². The van der Waals surface area contributed by atoms with Gasteiger partial charge < -0.3 is 5.32 Å². The van der Waals surface area contributed by atoms with Gasteiger partial charge in [0.25, 0.3) is 0 Å². The molecule has 3 heterocycles. The number of rotatable bonds is 5. The van der Waals surface area contributed by atoms with Crippen molar-refractivity contribution in [2.45, 2.75) is 37.4 Å². The number of benzene rings is 1. The van der Waals surface area contributed by atoms with Crippen LogP contribution in [0.4, 0.5) is 4.39 Å². The van der Waals surface area contributed by atoms with Gasteiger partial charge in [-0.25, -0.2) is 17.5 Å². The van der Waals surface area contributed by atoms with Crippen molar-refractivity contribution < 1.29 is 12.8 Å². The summed E-state index contributed by atoms with van der Waals surface area (Å²) < 4.78 is 41.4. The van der Waals surface area contributed by atoms with Crippen molar-refractivity contribution in [3.05, 3.63) is 52.9 Å². The Morgan fingerprint density at radius 1 is 1.33 bits per heavy atom. The second kappa shape index (κ2) is 7.13. The fourth-order valence-corrected chi connectivity index (χ4v) is 5.19. The van der Waals surface area contributed by atoms with Crippen LogP contribution in [-0.4, -0.2) is 37.8 Å². The first kappa shape index (κ1) is 18.8. The molecular weight excluding hydrogens is 389 g/mol. The van der Waals surface area contributed by atoms with Gasteiger partial charge in [-0.3, -0.25) is 4.98 Å². The van der Waals surface area contributed by atoms with Crippen LogP contribution in [0.25, 0.3) is 11.3 Å². The summed E-state index contributed by atoms with van der Waals surface area (Å²) in [6, 6.07) is 8.59. The Balaban J connectivity index is 1.61. The number of hydrogen-bond donors (Lipinski definition) is 2. The molecule has 0 spiro atoms. The summed E-state index contributed by atoms with van der Waals surface area (Å²) in [5.41, 5.74) is 1.38. The molecule has 1 aromatic heterocycles. The van der Waals surface area contributed by atoms with Crippen LogP contribution >= 0.6 is 11.6 Å². The number of aromatic nitrogens is 1. The largest absolute Gasteiger partial charge is 0.309 e. The highest BCUT2D eigenvalue weighted by Gasteiger charge is 2.46. The van der Waals surface area contributed by atoms with Gasteiger partial charge in [0.05, 0.1) is 6.26 Å². The molecule has 144 valence electrons. The van der Waals surface area contributed by atoms with E-state index in [0.717, 1.165) is 12.8 Å². The van der Waals surface area contributed by atoms with Crippen LogP contribution in [0.15, 0.2) is 36.5 Å². The number of halogens is 2. The molecule has 2 aliphatic heterocycles. The highest BCUT2D eigenvalue weighted by atomic mass is 35.5. The predicted octanol–water partition coefficient (Wildman–Crippen LogP) is 2.75. The fraction of sp³-hybridized carbons (Fsp3) is 0.421. The van der Waals surface area contributed by atoms with E-state index in [1.54, 1.807) is 36.5 Å². The number of nitrogens with one attached hydrogen (secondary N) is 2. The third-order valence-corrected chi connectivity index (χ3v) is 6.36. The Hall–Kier alpha value is -1.54. The smallest absolute Gasteiger partial charge is 0.209 e. The lowest BCUT2D eigenvalue weighted by molar-refractivity contribution is 0.0809. The molecule has 8 heteroatoms. The van der Waals surface area contributed by atoms with Gasteiger partial charge in [0.2, 0.25) is 10.0 Å². The molecule has 3 fully saturated rings. The zero-order valence-corrected chi connectivity index (χ0v) is 16.4. The maximum atomic E-state index is 15.1. The van der Waals surface area contributed by atoms with E-state index in [1.807, 2.05) is 0 Å². The maximum absolute atomic E-state index is 15.1. The van der Waals surface area contributed by atoms with Gasteiger partial charge >= 0.3 is 0 Å². The SMILES string of the molecule is CS(=O)(=O)NC1C2CC(C2)NC1Cc1ccnc(-c2cccc(Cl)c2)c1F. The molecule has 0 amide bonds. The molecule has 2 bridgehead atoms. The van der Waals surface area contributed by atoms with Crippen molar-refractivity contribution in [1.29, 1.82) is 0 Å². The van der Waals surface area contributed by atoms with Gasteiger partial charge in [-0.1, -0.05) is 23.7 Å². The van der Waals surface area contributed by atoms with E-state index in [0.29, 0.717) is 34.5 Å². The van der Waals surface area contributed by atoms with Crippen LogP contribution in [0.3, 0.4) is 0 Å². The Bertz CT molecular complexity index is 963. The van der Waals surface area contributed by atoms with Crippen LogP contribution in [-0.2, 0) is 16.4 Å². The first-order chi connectivity index (χ1) is 12.8. The standard InChI is InChI=1S/C19H21ClFN3O2S/c1-27(25,26)24-18-13-8-15(9-13)23-16(18)10-11-5-6-22-19(17(11)21)12-3-2-4-14(20)7-12/h2-7,13,15-16,18,23-24H,8-10H2,1H3. The highest BCUT2D eigenvalue weighted by molar-refractivity contribution is 7.88. The molecule has 2 N–H and O–H groups in total. The molecule has 2 aromatic rings. The minimum atomic E-state index is -3.33. The van der Waals surface area contributed by atoms with Crippen molar-refractivity contribution in [2.75, 3.05) is 6.26 Å². The van der Waals surface area contributed by atoms with Gasteiger partial charge in [0.1, 0.15) is 5.69 Å². The maximum Gasteiger partial charge on any atom is 0.209 e. The van der Waals surface area contributed by atoms with E-state index < -0.39 is 10.0 Å². The predicted molar refractivity (Wildman–Crippen MR) is 104 cm³/mol. The Morgan fingerprint density at radius 2 is 2.11 bits per heavy atom. The minimum Gasteiger partial charge on any atom is -0.309 e. The lowest BCUT2D eigenvalue weighted by atomic mass is 9.68. The number of hydrogen-bond acceptors (Lipinski definition) is 4. The molecule has 2 unspecified atom stereocenters. The van der Waals surface area contributed by atoms with E-state index in [4.69, 9.17) is 11.6 Å². The van der Waals surface area contributed by atoms with Crippen molar-refractivity contribution in [2.24, 2.45) is 5.92 Å². The first-order valence-electron chi connectivity index (χ1n) is 8.93. The van der Waals surface area contributed by atoms with Crippen molar-refractivity contribution in [3.8, 4) is 11.3 Å². The summed E-state index contributed by atoms with van der Waals surface area (Å²) >= 11 is 6.02. The molecular formula is C19H21ClFN3O2S. The number of pyridine rings is 1. The van der Waals surface area contributed by atoms with E-state index in [1.165, 1.54) is 6.26 Å². The van der Waals surface area contributed by atoms with Gasteiger partial charge in [-0.2, -0.15) is 0 Å². The molecule has 27 heavy (non-hydrogen) atoms. The van der Waals surface area contributed by atoms with E-state index >= 15 is 4.39 Å². The van der Waals surface area contributed by atoms with Crippen molar-refractivity contribution in [3.63, 3.8) is 0 Å². The second-order valence-corrected chi connectivity index (χ2v) is 9.68. The summed E-state index contributed by atoms with van der Waals surface area (Å²) in [5, 5.41) is 3.98. The zero-order valence-electron chi connectivity index (χ0n) is 14.8. The number of sulfonamides is 1. The summed E-state index contributed by atoms with van der Waals surface area (Å²) in [7, 11) is -3.33. The fourth-order valence-electron chi connectivity index (χ4n) is 4.15. The first-order valence-corrected chi connectivity index (χ1v) is 11.2. The summed E-state index contributed by atoms with van der Waals surface area (Å²) in [4.78, 5) is 4.18. The number of piperidine rings is 2. The van der Waals surface area contributed by atoms with E-state index in [-0.39, 0.29) is 23.6 Å². The lowest BCUT2D eigenvalue weighted by Crippen LogP contribution is -2.67.